The van der Waals surface area contributed by atoms with Crippen LogP contribution in [0.3, 0.4) is 0 Å². The van der Waals surface area contributed by atoms with Gasteiger partial charge in [-0.05, 0) is 19.4 Å². The normalized spacial score (nSPS) is 19.6. The van der Waals surface area contributed by atoms with Crippen LogP contribution in [0.2, 0.25) is 0 Å². The molecule has 0 aliphatic carbocycles. The largest absolute Gasteiger partial charge is 0.367 e. The fourth-order valence-electron chi connectivity index (χ4n) is 2.31. The van der Waals surface area contributed by atoms with E-state index in [-0.39, 0.29) is 0 Å². The van der Waals surface area contributed by atoms with Crippen LogP contribution in [0.25, 0.3) is 10.8 Å². The lowest BCUT2D eigenvalue weighted by Crippen LogP contribution is -2.29. The van der Waals surface area contributed by atoms with E-state index in [1.54, 1.807) is 6.20 Å². The summed E-state index contributed by atoms with van der Waals surface area (Å²) in [6.07, 6.45) is 4.31. The molecular weight excluding hydrogens is 212 g/mol. The zero-order valence-corrected chi connectivity index (χ0v) is 9.69. The number of anilines is 1. The highest BCUT2D eigenvalue weighted by Gasteiger charge is 2.14. The Labute approximate surface area is 100 Å². The Hall–Kier alpha value is -1.68. The van der Waals surface area contributed by atoms with Crippen LogP contribution in [0.1, 0.15) is 12.8 Å². The first-order valence-electron chi connectivity index (χ1n) is 6.11. The number of nitrogens with zero attached hydrogens (tertiary/aromatic N) is 2. The zero-order valence-electron chi connectivity index (χ0n) is 9.69. The van der Waals surface area contributed by atoms with Crippen LogP contribution >= 0.6 is 0 Å². The lowest BCUT2D eigenvalue weighted by Gasteiger charge is -2.12. The van der Waals surface area contributed by atoms with Crippen molar-refractivity contribution in [2.75, 3.05) is 18.4 Å². The predicted molar refractivity (Wildman–Crippen MR) is 69.1 cm³/mol. The fraction of sp³-hybridized carbons (Fsp3) is 0.385. The molecule has 0 radical (unpaired) electrons. The molecule has 1 fully saturated rings. The van der Waals surface area contributed by atoms with Crippen molar-refractivity contribution in [2.24, 2.45) is 0 Å². The molecule has 0 saturated carbocycles. The molecule has 2 heterocycles. The van der Waals surface area contributed by atoms with Gasteiger partial charge in [-0.3, -0.25) is 0 Å². The molecule has 1 atom stereocenters. The minimum Gasteiger partial charge on any atom is -0.367 e. The molecule has 0 amide bonds. The van der Waals surface area contributed by atoms with Crippen molar-refractivity contribution in [1.82, 2.24) is 15.5 Å². The topological polar surface area (TPSA) is 49.8 Å². The van der Waals surface area contributed by atoms with Crippen molar-refractivity contribution >= 4 is 16.6 Å². The highest BCUT2D eigenvalue weighted by Crippen LogP contribution is 2.19. The predicted octanol–water partition coefficient (Wildman–Crippen LogP) is 1.79. The van der Waals surface area contributed by atoms with Gasteiger partial charge in [0, 0.05) is 23.4 Å². The van der Waals surface area contributed by atoms with E-state index >= 15 is 0 Å². The quantitative estimate of drug-likeness (QED) is 0.841. The molecule has 1 unspecified atom stereocenters. The Bertz CT molecular complexity index is 500. The number of hydrogen-bond acceptors (Lipinski definition) is 4. The highest BCUT2D eigenvalue weighted by molar-refractivity contribution is 5.90. The third-order valence-corrected chi connectivity index (χ3v) is 3.25. The number of aromatic nitrogens is 2. The maximum Gasteiger partial charge on any atom is 0.156 e. The number of rotatable bonds is 3. The van der Waals surface area contributed by atoms with Crippen molar-refractivity contribution in [1.29, 1.82) is 0 Å². The van der Waals surface area contributed by atoms with Gasteiger partial charge in [0.05, 0.1) is 6.20 Å². The van der Waals surface area contributed by atoms with Gasteiger partial charge in [0.25, 0.3) is 0 Å². The number of hydrogen-bond donors (Lipinski definition) is 2. The Balaban J connectivity index is 1.79. The van der Waals surface area contributed by atoms with E-state index in [9.17, 15) is 0 Å². The standard InChI is InChI=1S/C13H16N4/c1-2-6-12-10(4-1)8-16-17-13(12)15-9-11-5-3-7-14-11/h1-2,4,6,8,11,14H,3,5,7,9H2,(H,15,17). The molecule has 2 aromatic rings. The Kier molecular flexibility index (Phi) is 2.88. The Morgan fingerprint density at radius 2 is 2.29 bits per heavy atom. The molecule has 17 heavy (non-hydrogen) atoms. The zero-order chi connectivity index (χ0) is 11.5. The van der Waals surface area contributed by atoms with Crippen LogP contribution in [0.4, 0.5) is 5.82 Å². The third kappa shape index (κ3) is 2.22. The van der Waals surface area contributed by atoms with Gasteiger partial charge in [-0.1, -0.05) is 24.3 Å². The monoisotopic (exact) mass is 228 g/mol. The maximum atomic E-state index is 4.18. The van der Waals surface area contributed by atoms with Gasteiger partial charge in [0.15, 0.2) is 5.82 Å². The van der Waals surface area contributed by atoms with E-state index in [4.69, 9.17) is 0 Å². The molecule has 1 aromatic heterocycles. The van der Waals surface area contributed by atoms with Crippen LogP contribution in [0.5, 0.6) is 0 Å². The van der Waals surface area contributed by atoms with Crippen LogP contribution in [-0.4, -0.2) is 29.3 Å². The summed E-state index contributed by atoms with van der Waals surface area (Å²) in [5.74, 6) is 0.886. The second-order valence-electron chi connectivity index (χ2n) is 4.45. The molecule has 0 spiro atoms. The van der Waals surface area contributed by atoms with E-state index < -0.39 is 0 Å². The summed E-state index contributed by atoms with van der Waals surface area (Å²) in [4.78, 5) is 0. The lowest BCUT2D eigenvalue weighted by molar-refractivity contribution is 0.632. The second kappa shape index (κ2) is 4.67. The summed E-state index contributed by atoms with van der Waals surface area (Å²) in [5.41, 5.74) is 0. The minimum atomic E-state index is 0.566. The average Bonchev–Trinajstić information content (AvgIpc) is 2.89. The number of nitrogens with one attached hydrogen (secondary N) is 2. The molecular formula is C13H16N4. The summed E-state index contributed by atoms with van der Waals surface area (Å²) < 4.78 is 0. The van der Waals surface area contributed by atoms with Gasteiger partial charge in [0.2, 0.25) is 0 Å². The molecule has 0 bridgehead atoms. The van der Waals surface area contributed by atoms with Gasteiger partial charge in [-0.25, -0.2) is 0 Å². The minimum absolute atomic E-state index is 0.566. The van der Waals surface area contributed by atoms with E-state index in [0.29, 0.717) is 6.04 Å². The summed E-state index contributed by atoms with van der Waals surface area (Å²) >= 11 is 0. The third-order valence-electron chi connectivity index (χ3n) is 3.25. The Morgan fingerprint density at radius 1 is 1.35 bits per heavy atom. The summed E-state index contributed by atoms with van der Waals surface area (Å²) in [6.45, 7) is 2.05. The van der Waals surface area contributed by atoms with Gasteiger partial charge in [-0.15, -0.1) is 5.10 Å². The van der Waals surface area contributed by atoms with E-state index in [0.717, 1.165) is 29.7 Å². The SMILES string of the molecule is c1ccc2c(NCC3CCCN3)nncc2c1. The summed E-state index contributed by atoms with van der Waals surface area (Å²) in [6, 6.07) is 8.75. The van der Waals surface area contributed by atoms with E-state index in [1.165, 1.54) is 12.8 Å². The van der Waals surface area contributed by atoms with Crippen molar-refractivity contribution in [3.63, 3.8) is 0 Å². The molecule has 88 valence electrons. The smallest absolute Gasteiger partial charge is 0.156 e. The van der Waals surface area contributed by atoms with Gasteiger partial charge in [0.1, 0.15) is 0 Å². The number of fused-ring (bicyclic) bond motifs is 1. The first kappa shape index (κ1) is 10.5. The van der Waals surface area contributed by atoms with Crippen molar-refractivity contribution < 1.29 is 0 Å². The van der Waals surface area contributed by atoms with Crippen LogP contribution in [0, 0.1) is 0 Å². The summed E-state index contributed by atoms with van der Waals surface area (Å²) in [7, 11) is 0. The first-order valence-corrected chi connectivity index (χ1v) is 6.11. The molecule has 3 rings (SSSR count). The Morgan fingerprint density at radius 3 is 3.18 bits per heavy atom. The fourth-order valence-corrected chi connectivity index (χ4v) is 2.31. The van der Waals surface area contributed by atoms with Crippen LogP contribution in [0.15, 0.2) is 30.5 Å². The van der Waals surface area contributed by atoms with Gasteiger partial charge < -0.3 is 10.6 Å². The highest BCUT2D eigenvalue weighted by atomic mass is 15.2. The lowest BCUT2D eigenvalue weighted by atomic mass is 10.2. The van der Waals surface area contributed by atoms with Crippen molar-refractivity contribution in [3.8, 4) is 0 Å². The first-order chi connectivity index (χ1) is 8.43. The average molecular weight is 228 g/mol. The molecule has 4 nitrogen and oxygen atoms in total. The van der Waals surface area contributed by atoms with Crippen molar-refractivity contribution in [2.45, 2.75) is 18.9 Å². The van der Waals surface area contributed by atoms with Crippen LogP contribution < -0.4 is 10.6 Å². The van der Waals surface area contributed by atoms with E-state index in [2.05, 4.69) is 33.0 Å². The number of benzene rings is 1. The van der Waals surface area contributed by atoms with Crippen molar-refractivity contribution in [3.05, 3.63) is 30.5 Å². The molecule has 1 aromatic carbocycles. The summed E-state index contributed by atoms with van der Waals surface area (Å²) in [5, 5.41) is 17.3. The molecule has 1 aliphatic heterocycles. The molecule has 2 N–H and O–H groups in total. The molecule has 1 aliphatic rings. The van der Waals surface area contributed by atoms with Crippen LogP contribution in [-0.2, 0) is 0 Å². The van der Waals surface area contributed by atoms with Gasteiger partial charge in [-0.2, -0.15) is 5.10 Å². The molecule has 1 saturated heterocycles. The van der Waals surface area contributed by atoms with Gasteiger partial charge >= 0.3 is 0 Å². The molecule has 4 heteroatoms. The van der Waals surface area contributed by atoms with E-state index in [1.807, 2.05) is 12.1 Å². The maximum absolute atomic E-state index is 4.18. The second-order valence-corrected chi connectivity index (χ2v) is 4.45.